The van der Waals surface area contributed by atoms with Crippen LogP contribution in [0.5, 0.6) is 0 Å². The molecule has 0 aliphatic heterocycles. The van der Waals surface area contributed by atoms with Gasteiger partial charge in [-0.1, -0.05) is 11.8 Å². The van der Waals surface area contributed by atoms with E-state index in [2.05, 4.69) is 15.0 Å². The zero-order chi connectivity index (χ0) is 13.2. The molecule has 0 amide bonds. The van der Waals surface area contributed by atoms with E-state index in [1.165, 1.54) is 24.5 Å². The SMILES string of the molecule is Nc1cncc(Sc2cccnc2C(F)(F)F)n1. The minimum Gasteiger partial charge on any atom is -0.382 e. The van der Waals surface area contributed by atoms with Crippen LogP contribution in [0.1, 0.15) is 5.69 Å². The van der Waals surface area contributed by atoms with Crippen LogP contribution in [0.3, 0.4) is 0 Å². The van der Waals surface area contributed by atoms with E-state index in [0.717, 1.165) is 18.0 Å². The lowest BCUT2D eigenvalue weighted by molar-refractivity contribution is -0.143. The first kappa shape index (κ1) is 12.6. The van der Waals surface area contributed by atoms with Gasteiger partial charge >= 0.3 is 6.18 Å². The van der Waals surface area contributed by atoms with Crippen molar-refractivity contribution in [1.82, 2.24) is 15.0 Å². The molecule has 0 aliphatic rings. The summed E-state index contributed by atoms with van der Waals surface area (Å²) in [6, 6.07) is 2.75. The number of nitrogen functional groups attached to an aromatic ring is 1. The van der Waals surface area contributed by atoms with Gasteiger partial charge in [0.2, 0.25) is 0 Å². The maximum absolute atomic E-state index is 12.7. The normalized spacial score (nSPS) is 11.5. The molecule has 18 heavy (non-hydrogen) atoms. The lowest BCUT2D eigenvalue weighted by atomic mass is 10.3. The van der Waals surface area contributed by atoms with Gasteiger partial charge in [0.25, 0.3) is 0 Å². The van der Waals surface area contributed by atoms with Crippen molar-refractivity contribution in [2.24, 2.45) is 0 Å². The summed E-state index contributed by atoms with van der Waals surface area (Å²) in [5.41, 5.74) is 4.47. The molecule has 2 aromatic rings. The molecule has 0 fully saturated rings. The quantitative estimate of drug-likeness (QED) is 0.910. The van der Waals surface area contributed by atoms with Crippen molar-refractivity contribution < 1.29 is 13.2 Å². The van der Waals surface area contributed by atoms with Crippen LogP contribution >= 0.6 is 11.8 Å². The second-order valence-electron chi connectivity index (χ2n) is 3.23. The number of halogens is 3. The van der Waals surface area contributed by atoms with Crippen molar-refractivity contribution in [2.75, 3.05) is 5.73 Å². The van der Waals surface area contributed by atoms with E-state index in [0.29, 0.717) is 0 Å². The van der Waals surface area contributed by atoms with Gasteiger partial charge in [-0.2, -0.15) is 13.2 Å². The van der Waals surface area contributed by atoms with Crippen molar-refractivity contribution in [3.05, 3.63) is 36.4 Å². The molecular weight excluding hydrogens is 265 g/mol. The van der Waals surface area contributed by atoms with Crippen LogP contribution in [0, 0.1) is 0 Å². The first-order valence-corrected chi connectivity index (χ1v) is 5.56. The molecule has 8 heteroatoms. The number of nitrogens with two attached hydrogens (primary N) is 1. The summed E-state index contributed by atoms with van der Waals surface area (Å²) >= 11 is 0.819. The summed E-state index contributed by atoms with van der Waals surface area (Å²) in [5.74, 6) is 0.150. The Bertz CT molecular complexity index is 559. The van der Waals surface area contributed by atoms with Crippen molar-refractivity contribution in [1.29, 1.82) is 0 Å². The molecule has 2 aromatic heterocycles. The largest absolute Gasteiger partial charge is 0.434 e. The van der Waals surface area contributed by atoms with Gasteiger partial charge in [0.1, 0.15) is 10.8 Å². The third kappa shape index (κ3) is 2.89. The van der Waals surface area contributed by atoms with Crippen LogP contribution in [-0.2, 0) is 6.18 Å². The van der Waals surface area contributed by atoms with Gasteiger partial charge in [0.15, 0.2) is 5.69 Å². The Balaban J connectivity index is 2.35. The van der Waals surface area contributed by atoms with E-state index in [1.807, 2.05) is 0 Å². The second kappa shape index (κ2) is 4.81. The van der Waals surface area contributed by atoms with E-state index in [4.69, 9.17) is 5.73 Å². The molecule has 2 N–H and O–H groups in total. The van der Waals surface area contributed by atoms with Crippen molar-refractivity contribution in [3.63, 3.8) is 0 Å². The van der Waals surface area contributed by atoms with Crippen molar-refractivity contribution in [2.45, 2.75) is 16.1 Å². The fraction of sp³-hybridized carbons (Fsp3) is 0.100. The Kier molecular flexibility index (Phi) is 3.37. The molecule has 0 aromatic carbocycles. The highest BCUT2D eigenvalue weighted by atomic mass is 32.2. The highest BCUT2D eigenvalue weighted by Gasteiger charge is 2.35. The van der Waals surface area contributed by atoms with Crippen LogP contribution < -0.4 is 5.73 Å². The number of aromatic nitrogens is 3. The molecule has 0 spiro atoms. The molecule has 2 rings (SSSR count). The predicted molar refractivity (Wildman–Crippen MR) is 59.8 cm³/mol. The number of anilines is 1. The first-order chi connectivity index (χ1) is 8.47. The molecule has 94 valence electrons. The van der Waals surface area contributed by atoms with Crippen LogP contribution in [0.25, 0.3) is 0 Å². The smallest absolute Gasteiger partial charge is 0.382 e. The Hall–Kier alpha value is -1.83. The maximum Gasteiger partial charge on any atom is 0.434 e. The van der Waals surface area contributed by atoms with Crippen molar-refractivity contribution >= 4 is 17.6 Å². The fourth-order valence-electron chi connectivity index (χ4n) is 1.21. The van der Waals surface area contributed by atoms with E-state index in [-0.39, 0.29) is 15.7 Å². The minimum atomic E-state index is -4.50. The molecule has 2 heterocycles. The number of alkyl halides is 3. The fourth-order valence-corrected chi connectivity index (χ4v) is 2.11. The first-order valence-electron chi connectivity index (χ1n) is 4.74. The van der Waals surface area contributed by atoms with Gasteiger partial charge in [0.05, 0.1) is 12.4 Å². The lowest BCUT2D eigenvalue weighted by Gasteiger charge is -2.10. The average Bonchev–Trinajstić information content (AvgIpc) is 2.28. The van der Waals surface area contributed by atoms with Gasteiger partial charge in [-0.15, -0.1) is 0 Å². The Morgan fingerprint density at radius 3 is 2.67 bits per heavy atom. The number of hydrogen-bond acceptors (Lipinski definition) is 5. The van der Waals surface area contributed by atoms with Gasteiger partial charge in [-0.05, 0) is 12.1 Å². The monoisotopic (exact) mass is 272 g/mol. The van der Waals surface area contributed by atoms with Crippen LogP contribution in [-0.4, -0.2) is 15.0 Å². The molecule has 0 aliphatic carbocycles. The Morgan fingerprint density at radius 1 is 1.22 bits per heavy atom. The number of pyridine rings is 1. The van der Waals surface area contributed by atoms with Gasteiger partial charge < -0.3 is 5.73 Å². The van der Waals surface area contributed by atoms with E-state index in [9.17, 15) is 13.2 Å². The summed E-state index contributed by atoms with van der Waals surface area (Å²) in [6.07, 6.45) is -0.749. The third-order valence-electron chi connectivity index (χ3n) is 1.88. The number of rotatable bonds is 2. The number of hydrogen-bond donors (Lipinski definition) is 1. The van der Waals surface area contributed by atoms with Gasteiger partial charge in [0, 0.05) is 11.1 Å². The minimum absolute atomic E-state index is 0.0371. The molecule has 4 nitrogen and oxygen atoms in total. The predicted octanol–water partition coefficient (Wildman–Crippen LogP) is 2.62. The van der Waals surface area contributed by atoms with E-state index in [1.54, 1.807) is 0 Å². The van der Waals surface area contributed by atoms with Gasteiger partial charge in [-0.25, -0.2) is 4.98 Å². The molecule has 0 unspecified atom stereocenters. The maximum atomic E-state index is 12.7. The van der Waals surface area contributed by atoms with Crippen LogP contribution in [0.4, 0.5) is 19.0 Å². The standard InChI is InChI=1S/C10H7F3N4S/c11-10(12,13)9-6(2-1-3-16-9)18-8-5-15-4-7(14)17-8/h1-5H,(H2,14,17). The van der Waals surface area contributed by atoms with Crippen LogP contribution in [0.2, 0.25) is 0 Å². The second-order valence-corrected chi connectivity index (χ2v) is 4.29. The molecule has 0 saturated carbocycles. The molecular formula is C10H7F3N4S. The average molecular weight is 272 g/mol. The summed E-state index contributed by atoms with van der Waals surface area (Å²) in [7, 11) is 0. The topological polar surface area (TPSA) is 64.7 Å². The zero-order valence-electron chi connectivity index (χ0n) is 8.85. The van der Waals surface area contributed by atoms with E-state index < -0.39 is 11.9 Å². The highest BCUT2D eigenvalue weighted by molar-refractivity contribution is 7.99. The van der Waals surface area contributed by atoms with Crippen LogP contribution in [0.15, 0.2) is 40.6 Å². The third-order valence-corrected chi connectivity index (χ3v) is 2.84. The Morgan fingerprint density at radius 2 is 2.00 bits per heavy atom. The molecule has 0 radical (unpaired) electrons. The van der Waals surface area contributed by atoms with Gasteiger partial charge in [-0.3, -0.25) is 9.97 Å². The zero-order valence-corrected chi connectivity index (χ0v) is 9.66. The highest BCUT2D eigenvalue weighted by Crippen LogP contribution is 2.37. The molecule has 0 atom stereocenters. The van der Waals surface area contributed by atoms with E-state index >= 15 is 0 Å². The summed E-state index contributed by atoms with van der Waals surface area (Å²) in [5, 5.41) is 0.286. The molecule has 0 bridgehead atoms. The summed E-state index contributed by atoms with van der Waals surface area (Å²) < 4.78 is 38.1. The molecule has 0 saturated heterocycles. The Labute approximate surface area is 104 Å². The number of nitrogens with zero attached hydrogens (tertiary/aromatic N) is 3. The summed E-state index contributed by atoms with van der Waals surface area (Å²) in [4.78, 5) is 10.9. The van der Waals surface area contributed by atoms with Crippen molar-refractivity contribution in [3.8, 4) is 0 Å². The lowest BCUT2D eigenvalue weighted by Crippen LogP contribution is -2.09. The summed E-state index contributed by atoms with van der Waals surface area (Å²) in [6.45, 7) is 0.